The van der Waals surface area contributed by atoms with Crippen LogP contribution in [0.25, 0.3) is 0 Å². The quantitative estimate of drug-likeness (QED) is 0.670. The summed E-state index contributed by atoms with van der Waals surface area (Å²) < 4.78 is 0. The van der Waals surface area contributed by atoms with Gasteiger partial charge in [-0.25, -0.2) is 4.79 Å². The largest absolute Gasteiger partial charge is 0.331 e. The number of carbonyl (C=O) groups excluding carboxylic acids is 3. The summed E-state index contributed by atoms with van der Waals surface area (Å²) in [7, 11) is 0. The van der Waals surface area contributed by atoms with Crippen molar-refractivity contribution >= 4 is 29.7 Å². The molecule has 0 aromatic heterocycles. The van der Waals surface area contributed by atoms with E-state index in [1.165, 1.54) is 17.5 Å². The Morgan fingerprint density at radius 2 is 1.92 bits per heavy atom. The number of carbonyl (C=O) groups is 3. The van der Waals surface area contributed by atoms with Gasteiger partial charge in [-0.1, -0.05) is 12.5 Å². The number of nitrogens with one attached hydrogen (secondary N) is 1. The molecule has 2 saturated carbocycles. The van der Waals surface area contributed by atoms with Crippen molar-refractivity contribution in [3.8, 4) is 0 Å². The summed E-state index contributed by atoms with van der Waals surface area (Å²) in [5.74, 6) is -1.10. The maximum absolute atomic E-state index is 12.9. The molecule has 136 valence electrons. The third-order valence-corrected chi connectivity index (χ3v) is 6.13. The molecule has 4 amide bonds. The normalized spacial score (nSPS) is 31.2. The Morgan fingerprint density at radius 3 is 2.58 bits per heavy atom. The molecule has 2 aliphatic carbocycles. The molecule has 3 aliphatic rings. The van der Waals surface area contributed by atoms with E-state index >= 15 is 0 Å². The van der Waals surface area contributed by atoms with Crippen LogP contribution in [-0.2, 0) is 9.59 Å². The average molecular weight is 353 g/mol. The average Bonchev–Trinajstić information content (AvgIpc) is 3.20. The van der Waals surface area contributed by atoms with Gasteiger partial charge in [-0.15, -0.1) is 0 Å². The van der Waals surface area contributed by atoms with Crippen molar-refractivity contribution < 1.29 is 14.4 Å². The van der Waals surface area contributed by atoms with Gasteiger partial charge in [0.15, 0.2) is 5.92 Å². The Morgan fingerprint density at radius 1 is 1.12 bits per heavy atom. The molecule has 1 aliphatic heterocycles. The maximum Gasteiger partial charge on any atom is 0.331 e. The standard InChI is InChI=1S/C20H23N3O3/c1-11-3-6-15(7-12(11)2)21-10-16-18(24)22-20(26)23(19(16)25)17-9-13-4-5-14(17)8-13/h3,6-7,10,13-14,16-17H,4-5,8-9H2,1-2H3,(H,22,24,26)/t13-,14-,16+,17+/m0/s1. The first kappa shape index (κ1) is 16.9. The number of aliphatic imine (C=N–C) groups is 1. The number of nitrogens with zero attached hydrogens (tertiary/aromatic N) is 2. The highest BCUT2D eigenvalue weighted by Gasteiger charge is 2.50. The monoisotopic (exact) mass is 353 g/mol. The maximum atomic E-state index is 12.9. The van der Waals surface area contributed by atoms with Crippen LogP contribution in [0.3, 0.4) is 0 Å². The van der Waals surface area contributed by atoms with E-state index in [4.69, 9.17) is 0 Å². The minimum Gasteiger partial charge on any atom is -0.277 e. The van der Waals surface area contributed by atoms with E-state index in [0.717, 1.165) is 30.4 Å². The van der Waals surface area contributed by atoms with Gasteiger partial charge in [0.05, 0.1) is 5.69 Å². The summed E-state index contributed by atoms with van der Waals surface area (Å²) in [6.07, 6.45) is 5.55. The number of hydrogen-bond acceptors (Lipinski definition) is 4. The van der Waals surface area contributed by atoms with Crippen LogP contribution in [0.15, 0.2) is 23.2 Å². The van der Waals surface area contributed by atoms with Crippen LogP contribution in [0.1, 0.15) is 36.8 Å². The second-order valence-corrected chi connectivity index (χ2v) is 7.77. The molecule has 0 spiro atoms. The summed E-state index contributed by atoms with van der Waals surface area (Å²) in [4.78, 5) is 43.0. The molecule has 3 fully saturated rings. The summed E-state index contributed by atoms with van der Waals surface area (Å²) in [5, 5.41) is 2.34. The van der Waals surface area contributed by atoms with Crippen molar-refractivity contribution in [2.45, 2.75) is 45.6 Å². The minimum absolute atomic E-state index is 0.0770. The van der Waals surface area contributed by atoms with Gasteiger partial charge in [-0.3, -0.25) is 24.8 Å². The molecule has 6 heteroatoms. The second kappa shape index (κ2) is 6.34. The fourth-order valence-corrected chi connectivity index (χ4v) is 4.54. The molecule has 0 unspecified atom stereocenters. The van der Waals surface area contributed by atoms with E-state index in [-0.39, 0.29) is 6.04 Å². The summed E-state index contributed by atoms with van der Waals surface area (Å²) in [6, 6.07) is 5.06. The van der Waals surface area contributed by atoms with Crippen molar-refractivity contribution in [3.05, 3.63) is 29.3 Å². The van der Waals surface area contributed by atoms with Gasteiger partial charge in [-0.05, 0) is 68.2 Å². The van der Waals surface area contributed by atoms with Gasteiger partial charge in [-0.2, -0.15) is 0 Å². The number of hydrogen-bond donors (Lipinski definition) is 1. The number of fused-ring (bicyclic) bond motifs is 2. The fraction of sp³-hybridized carbons (Fsp3) is 0.500. The van der Waals surface area contributed by atoms with Crippen molar-refractivity contribution in [3.63, 3.8) is 0 Å². The Labute approximate surface area is 152 Å². The van der Waals surface area contributed by atoms with Gasteiger partial charge >= 0.3 is 6.03 Å². The summed E-state index contributed by atoms with van der Waals surface area (Å²) in [5.41, 5.74) is 2.94. The van der Waals surface area contributed by atoms with E-state index < -0.39 is 23.8 Å². The molecular formula is C20H23N3O3. The first-order valence-corrected chi connectivity index (χ1v) is 9.23. The highest BCUT2D eigenvalue weighted by atomic mass is 16.2. The Hall–Kier alpha value is -2.50. The van der Waals surface area contributed by atoms with Crippen molar-refractivity contribution in [2.24, 2.45) is 22.7 Å². The third kappa shape index (κ3) is 2.83. The fourth-order valence-electron chi connectivity index (χ4n) is 4.54. The van der Waals surface area contributed by atoms with Crippen LogP contribution in [0.5, 0.6) is 0 Å². The van der Waals surface area contributed by atoms with Crippen molar-refractivity contribution in [2.75, 3.05) is 0 Å². The predicted octanol–water partition coefficient (Wildman–Crippen LogP) is 2.89. The van der Waals surface area contributed by atoms with E-state index in [1.54, 1.807) is 0 Å². The van der Waals surface area contributed by atoms with E-state index in [1.807, 2.05) is 32.0 Å². The molecule has 1 aromatic carbocycles. The molecule has 1 aromatic rings. The van der Waals surface area contributed by atoms with Crippen molar-refractivity contribution in [1.82, 2.24) is 10.2 Å². The number of benzene rings is 1. The lowest BCUT2D eigenvalue weighted by atomic mass is 9.92. The molecule has 0 radical (unpaired) electrons. The van der Waals surface area contributed by atoms with Crippen LogP contribution in [0, 0.1) is 31.6 Å². The van der Waals surface area contributed by atoms with E-state index in [0.29, 0.717) is 17.5 Å². The number of aryl methyl sites for hydroxylation is 2. The summed E-state index contributed by atoms with van der Waals surface area (Å²) in [6.45, 7) is 4.00. The highest BCUT2D eigenvalue weighted by Crippen LogP contribution is 2.47. The first-order chi connectivity index (χ1) is 12.4. The van der Waals surface area contributed by atoms with Crippen LogP contribution < -0.4 is 5.32 Å². The molecule has 2 bridgehead atoms. The smallest absolute Gasteiger partial charge is 0.277 e. The number of amides is 4. The van der Waals surface area contributed by atoms with E-state index in [9.17, 15) is 14.4 Å². The topological polar surface area (TPSA) is 78.8 Å². The minimum atomic E-state index is -1.05. The molecule has 1 N–H and O–H groups in total. The molecule has 4 atom stereocenters. The third-order valence-electron chi connectivity index (χ3n) is 6.13. The number of imide groups is 2. The lowest BCUT2D eigenvalue weighted by Gasteiger charge is -2.36. The molecule has 4 rings (SSSR count). The molecular weight excluding hydrogens is 330 g/mol. The van der Waals surface area contributed by atoms with Crippen LogP contribution in [0.4, 0.5) is 10.5 Å². The number of barbiturate groups is 1. The zero-order chi connectivity index (χ0) is 18.4. The van der Waals surface area contributed by atoms with Gasteiger partial charge in [0.2, 0.25) is 11.8 Å². The molecule has 1 heterocycles. The number of rotatable bonds is 3. The van der Waals surface area contributed by atoms with Crippen LogP contribution in [0.2, 0.25) is 0 Å². The lowest BCUT2D eigenvalue weighted by Crippen LogP contribution is -2.62. The molecule has 26 heavy (non-hydrogen) atoms. The SMILES string of the molecule is Cc1ccc(N=C[C@@H]2C(=O)NC(=O)N([C@@H]3C[C@H]4CC[C@H]3C4)C2=O)cc1C. The highest BCUT2D eigenvalue weighted by molar-refractivity contribution is 6.23. The van der Waals surface area contributed by atoms with Crippen LogP contribution >= 0.6 is 0 Å². The van der Waals surface area contributed by atoms with Gasteiger partial charge in [0.25, 0.3) is 0 Å². The van der Waals surface area contributed by atoms with Gasteiger partial charge in [0.1, 0.15) is 0 Å². The second-order valence-electron chi connectivity index (χ2n) is 7.77. The summed E-state index contributed by atoms with van der Waals surface area (Å²) >= 11 is 0. The molecule has 1 saturated heterocycles. The van der Waals surface area contributed by atoms with E-state index in [2.05, 4.69) is 10.3 Å². The van der Waals surface area contributed by atoms with Crippen LogP contribution in [-0.4, -0.2) is 35.0 Å². The number of urea groups is 1. The van der Waals surface area contributed by atoms with Gasteiger partial charge < -0.3 is 0 Å². The zero-order valence-electron chi connectivity index (χ0n) is 15.1. The zero-order valence-corrected chi connectivity index (χ0v) is 15.1. The Bertz CT molecular complexity index is 817. The Balaban J connectivity index is 1.56. The lowest BCUT2D eigenvalue weighted by molar-refractivity contribution is -0.141. The van der Waals surface area contributed by atoms with Crippen molar-refractivity contribution in [1.29, 1.82) is 0 Å². The van der Waals surface area contributed by atoms with Gasteiger partial charge in [0, 0.05) is 12.3 Å². The molecule has 6 nitrogen and oxygen atoms in total. The Kier molecular flexibility index (Phi) is 4.13. The first-order valence-electron chi connectivity index (χ1n) is 9.23. The predicted molar refractivity (Wildman–Crippen MR) is 97.2 cm³/mol.